The maximum atomic E-state index is 6.07. The van der Waals surface area contributed by atoms with Crippen LogP contribution in [0.15, 0.2) is 30.6 Å². The third-order valence-corrected chi connectivity index (χ3v) is 4.28. The highest BCUT2D eigenvalue weighted by molar-refractivity contribution is 6.62. The molecular formula is C15H20BNO2. The van der Waals surface area contributed by atoms with Crippen molar-refractivity contribution in [2.24, 2.45) is 0 Å². The van der Waals surface area contributed by atoms with Crippen LogP contribution in [-0.4, -0.2) is 22.7 Å². The van der Waals surface area contributed by atoms with Crippen LogP contribution in [-0.2, 0) is 9.31 Å². The Hall–Kier alpha value is -1.26. The van der Waals surface area contributed by atoms with Gasteiger partial charge in [-0.05, 0) is 57.8 Å². The minimum atomic E-state index is -0.294. The molecule has 1 aliphatic heterocycles. The van der Waals surface area contributed by atoms with E-state index in [1.807, 2.05) is 0 Å². The lowest BCUT2D eigenvalue weighted by molar-refractivity contribution is 0.00578. The molecule has 4 heteroatoms. The van der Waals surface area contributed by atoms with Gasteiger partial charge in [-0.25, -0.2) is 0 Å². The van der Waals surface area contributed by atoms with Crippen molar-refractivity contribution in [2.75, 3.05) is 0 Å². The number of fused-ring (bicyclic) bond motifs is 1. The first-order valence-electron chi connectivity index (χ1n) is 6.72. The third kappa shape index (κ3) is 1.99. The van der Waals surface area contributed by atoms with Crippen LogP contribution in [0, 0.1) is 6.92 Å². The zero-order chi connectivity index (χ0) is 13.8. The standard InChI is InChI=1S/C15H20BNO2/c1-11-8-13-7-6-12(10-17(13)9-11)16-18-14(2,3)15(4,5)19-16/h6-10H,1-5H3. The summed E-state index contributed by atoms with van der Waals surface area (Å²) in [6.07, 6.45) is 4.20. The third-order valence-electron chi connectivity index (χ3n) is 4.28. The minimum absolute atomic E-state index is 0.292. The largest absolute Gasteiger partial charge is 0.496 e. The van der Waals surface area contributed by atoms with Gasteiger partial charge < -0.3 is 13.7 Å². The van der Waals surface area contributed by atoms with Crippen molar-refractivity contribution in [3.8, 4) is 0 Å². The highest BCUT2D eigenvalue weighted by Crippen LogP contribution is 2.36. The second-order valence-corrected chi connectivity index (χ2v) is 6.40. The van der Waals surface area contributed by atoms with E-state index in [1.54, 1.807) is 0 Å². The van der Waals surface area contributed by atoms with Gasteiger partial charge in [-0.2, -0.15) is 0 Å². The van der Waals surface area contributed by atoms with Crippen molar-refractivity contribution in [2.45, 2.75) is 45.8 Å². The fourth-order valence-electron chi connectivity index (χ4n) is 2.39. The topological polar surface area (TPSA) is 22.9 Å². The molecule has 2 aromatic rings. The van der Waals surface area contributed by atoms with Crippen molar-refractivity contribution < 1.29 is 9.31 Å². The van der Waals surface area contributed by atoms with Crippen molar-refractivity contribution in [1.29, 1.82) is 0 Å². The molecule has 1 aliphatic rings. The van der Waals surface area contributed by atoms with E-state index < -0.39 is 0 Å². The first-order chi connectivity index (χ1) is 8.78. The van der Waals surface area contributed by atoms with Gasteiger partial charge >= 0.3 is 7.12 Å². The van der Waals surface area contributed by atoms with Gasteiger partial charge in [0, 0.05) is 17.9 Å². The fourth-order valence-corrected chi connectivity index (χ4v) is 2.39. The van der Waals surface area contributed by atoms with Gasteiger partial charge in [0.25, 0.3) is 0 Å². The minimum Gasteiger partial charge on any atom is -0.399 e. The van der Waals surface area contributed by atoms with E-state index in [4.69, 9.17) is 9.31 Å². The molecule has 0 unspecified atom stereocenters. The maximum absolute atomic E-state index is 6.07. The van der Waals surface area contributed by atoms with Gasteiger partial charge in [0.05, 0.1) is 11.2 Å². The van der Waals surface area contributed by atoms with E-state index in [1.165, 1.54) is 11.1 Å². The second-order valence-electron chi connectivity index (χ2n) is 6.40. The average Bonchev–Trinajstić information content (AvgIpc) is 2.74. The lowest BCUT2D eigenvalue weighted by Crippen LogP contribution is -2.41. The number of aromatic nitrogens is 1. The van der Waals surface area contributed by atoms with Crippen molar-refractivity contribution >= 4 is 18.1 Å². The molecule has 0 radical (unpaired) electrons. The van der Waals surface area contributed by atoms with Gasteiger partial charge in [-0.1, -0.05) is 6.07 Å². The molecule has 3 heterocycles. The molecule has 1 fully saturated rings. The lowest BCUT2D eigenvalue weighted by Gasteiger charge is -2.32. The molecule has 0 N–H and O–H groups in total. The summed E-state index contributed by atoms with van der Waals surface area (Å²) < 4.78 is 14.3. The van der Waals surface area contributed by atoms with Gasteiger partial charge in [0.15, 0.2) is 0 Å². The molecule has 0 aliphatic carbocycles. The van der Waals surface area contributed by atoms with Gasteiger partial charge in [0.1, 0.15) is 0 Å². The Morgan fingerprint density at radius 2 is 1.63 bits per heavy atom. The molecule has 1 saturated heterocycles. The normalized spacial score (nSPS) is 21.2. The zero-order valence-corrected chi connectivity index (χ0v) is 12.2. The van der Waals surface area contributed by atoms with Crippen LogP contribution >= 0.6 is 0 Å². The molecule has 2 aromatic heterocycles. The maximum Gasteiger partial charge on any atom is 0.496 e. The summed E-state index contributed by atoms with van der Waals surface area (Å²) in [5.41, 5.74) is 2.92. The average molecular weight is 257 g/mol. The summed E-state index contributed by atoms with van der Waals surface area (Å²) in [6, 6.07) is 6.35. The van der Waals surface area contributed by atoms with E-state index in [2.05, 4.69) is 69.6 Å². The number of aryl methyl sites for hydroxylation is 1. The monoisotopic (exact) mass is 257 g/mol. The molecule has 19 heavy (non-hydrogen) atoms. The van der Waals surface area contributed by atoms with Crippen LogP contribution in [0.25, 0.3) is 5.52 Å². The van der Waals surface area contributed by atoms with Crippen LogP contribution in [0.1, 0.15) is 33.3 Å². The van der Waals surface area contributed by atoms with E-state index in [0.29, 0.717) is 0 Å². The predicted molar refractivity (Wildman–Crippen MR) is 77.9 cm³/mol. The number of hydrogen-bond acceptors (Lipinski definition) is 2. The number of hydrogen-bond donors (Lipinski definition) is 0. The van der Waals surface area contributed by atoms with Crippen LogP contribution in [0.4, 0.5) is 0 Å². The molecule has 3 nitrogen and oxygen atoms in total. The molecule has 0 atom stereocenters. The molecule has 0 aromatic carbocycles. The van der Waals surface area contributed by atoms with E-state index in [9.17, 15) is 0 Å². The molecule has 0 spiro atoms. The SMILES string of the molecule is Cc1cc2ccc(B3OC(C)(C)C(C)(C)O3)cn2c1. The number of pyridine rings is 1. The van der Waals surface area contributed by atoms with Crippen molar-refractivity contribution in [1.82, 2.24) is 4.40 Å². The second kappa shape index (κ2) is 3.87. The van der Waals surface area contributed by atoms with Crippen molar-refractivity contribution in [3.05, 3.63) is 36.2 Å². The number of rotatable bonds is 1. The van der Waals surface area contributed by atoms with E-state index in [0.717, 1.165) is 5.46 Å². The molecule has 3 rings (SSSR count). The Morgan fingerprint density at radius 1 is 1.00 bits per heavy atom. The highest BCUT2D eigenvalue weighted by atomic mass is 16.7. The summed E-state index contributed by atoms with van der Waals surface area (Å²) in [6.45, 7) is 10.4. The lowest BCUT2D eigenvalue weighted by atomic mass is 9.80. The Bertz CT molecular complexity index is 614. The zero-order valence-electron chi connectivity index (χ0n) is 12.2. The Morgan fingerprint density at radius 3 is 2.26 bits per heavy atom. The molecular weight excluding hydrogens is 237 g/mol. The quantitative estimate of drug-likeness (QED) is 0.733. The number of nitrogens with zero attached hydrogens (tertiary/aromatic N) is 1. The first-order valence-corrected chi connectivity index (χ1v) is 6.72. The van der Waals surface area contributed by atoms with Crippen LogP contribution in [0.3, 0.4) is 0 Å². The Kier molecular flexibility index (Phi) is 2.60. The van der Waals surface area contributed by atoms with Crippen LogP contribution < -0.4 is 5.46 Å². The Labute approximate surface area is 114 Å². The first kappa shape index (κ1) is 12.8. The smallest absolute Gasteiger partial charge is 0.399 e. The highest BCUT2D eigenvalue weighted by Gasteiger charge is 2.51. The summed E-state index contributed by atoms with van der Waals surface area (Å²) >= 11 is 0. The summed E-state index contributed by atoms with van der Waals surface area (Å²) in [5.74, 6) is 0. The van der Waals surface area contributed by atoms with Gasteiger partial charge in [0.2, 0.25) is 0 Å². The van der Waals surface area contributed by atoms with Crippen molar-refractivity contribution in [3.63, 3.8) is 0 Å². The Balaban J connectivity index is 1.97. The van der Waals surface area contributed by atoms with E-state index in [-0.39, 0.29) is 18.3 Å². The summed E-state index contributed by atoms with van der Waals surface area (Å²) in [7, 11) is -0.294. The molecule has 0 saturated carbocycles. The van der Waals surface area contributed by atoms with E-state index >= 15 is 0 Å². The molecule has 0 bridgehead atoms. The molecule has 100 valence electrons. The predicted octanol–water partition coefficient (Wildman–Crippen LogP) is 2.55. The fraction of sp³-hybridized carbons (Fsp3) is 0.467. The summed E-state index contributed by atoms with van der Waals surface area (Å²) in [4.78, 5) is 0. The molecule has 0 amide bonds. The van der Waals surface area contributed by atoms with Crippen LogP contribution in [0.2, 0.25) is 0 Å². The van der Waals surface area contributed by atoms with Gasteiger partial charge in [-0.3, -0.25) is 0 Å². The summed E-state index contributed by atoms with van der Waals surface area (Å²) in [5, 5.41) is 0. The van der Waals surface area contributed by atoms with Crippen LogP contribution in [0.5, 0.6) is 0 Å². The van der Waals surface area contributed by atoms with Gasteiger partial charge in [-0.15, -0.1) is 0 Å².